The molecule has 0 heterocycles. The van der Waals surface area contributed by atoms with Gasteiger partial charge in [0.2, 0.25) is 5.91 Å². The quantitative estimate of drug-likeness (QED) is 0.832. The van der Waals surface area contributed by atoms with Crippen LogP contribution in [0.4, 0.5) is 5.69 Å². The second-order valence-electron chi connectivity index (χ2n) is 4.49. The molecular weight excluding hydrogens is 282 g/mol. The highest BCUT2D eigenvalue weighted by Gasteiger charge is 2.04. The highest BCUT2D eigenvalue weighted by molar-refractivity contribution is 6.02. The summed E-state index contributed by atoms with van der Waals surface area (Å²) < 4.78 is 5.10. The van der Waals surface area contributed by atoms with Crippen LogP contribution in [-0.4, -0.2) is 24.1 Å². The van der Waals surface area contributed by atoms with E-state index in [0.717, 1.165) is 5.56 Å². The Kier molecular flexibility index (Phi) is 4.93. The van der Waals surface area contributed by atoms with Gasteiger partial charge >= 0.3 is 5.97 Å². The zero-order chi connectivity index (χ0) is 15.9. The predicted molar refractivity (Wildman–Crippen MR) is 84.1 cm³/mol. The molecule has 2 aromatic rings. The first-order valence-corrected chi connectivity index (χ1v) is 6.55. The maximum atomic E-state index is 11.8. The van der Waals surface area contributed by atoms with Gasteiger partial charge in [-0.15, -0.1) is 0 Å². The number of aromatic carboxylic acids is 1. The minimum Gasteiger partial charge on any atom is -0.497 e. The van der Waals surface area contributed by atoms with Crippen molar-refractivity contribution in [3.63, 3.8) is 0 Å². The predicted octanol–water partition coefficient (Wildman–Crippen LogP) is 3.05. The summed E-state index contributed by atoms with van der Waals surface area (Å²) in [4.78, 5) is 22.7. The molecule has 0 aliphatic heterocycles. The van der Waals surface area contributed by atoms with Gasteiger partial charge in [0, 0.05) is 11.8 Å². The van der Waals surface area contributed by atoms with Crippen LogP contribution in [0.5, 0.6) is 5.75 Å². The molecule has 0 bridgehead atoms. The molecule has 5 heteroatoms. The third kappa shape index (κ3) is 4.21. The molecule has 0 aromatic heterocycles. The number of ether oxygens (including phenoxy) is 1. The zero-order valence-corrected chi connectivity index (χ0v) is 11.9. The first kappa shape index (κ1) is 15.3. The van der Waals surface area contributed by atoms with Gasteiger partial charge in [-0.3, -0.25) is 4.79 Å². The summed E-state index contributed by atoms with van der Waals surface area (Å²) in [6, 6.07) is 13.4. The number of carboxylic acids is 1. The van der Waals surface area contributed by atoms with Gasteiger partial charge in [0.15, 0.2) is 0 Å². The van der Waals surface area contributed by atoms with Crippen LogP contribution in [0.25, 0.3) is 6.08 Å². The summed E-state index contributed by atoms with van der Waals surface area (Å²) in [5.41, 5.74) is 1.38. The molecule has 1 amide bonds. The van der Waals surface area contributed by atoms with E-state index in [2.05, 4.69) is 5.32 Å². The van der Waals surface area contributed by atoms with Gasteiger partial charge in [0.25, 0.3) is 0 Å². The van der Waals surface area contributed by atoms with Crippen LogP contribution in [-0.2, 0) is 4.79 Å². The average molecular weight is 297 g/mol. The maximum absolute atomic E-state index is 11.8. The van der Waals surface area contributed by atoms with Gasteiger partial charge in [-0.25, -0.2) is 4.79 Å². The van der Waals surface area contributed by atoms with E-state index in [0.29, 0.717) is 11.4 Å². The van der Waals surface area contributed by atoms with Crippen molar-refractivity contribution in [2.75, 3.05) is 12.4 Å². The SMILES string of the molecule is COc1cccc(C=CC(=O)Nc2cccc(C(=O)O)c2)c1. The molecule has 112 valence electrons. The fourth-order valence-corrected chi connectivity index (χ4v) is 1.83. The van der Waals surface area contributed by atoms with E-state index < -0.39 is 5.97 Å². The van der Waals surface area contributed by atoms with E-state index >= 15 is 0 Å². The molecule has 0 aliphatic rings. The maximum Gasteiger partial charge on any atom is 0.335 e. The molecule has 0 saturated carbocycles. The number of hydrogen-bond acceptors (Lipinski definition) is 3. The van der Waals surface area contributed by atoms with Crippen LogP contribution < -0.4 is 10.1 Å². The third-order valence-electron chi connectivity index (χ3n) is 2.90. The van der Waals surface area contributed by atoms with Crippen LogP contribution in [0.2, 0.25) is 0 Å². The third-order valence-corrected chi connectivity index (χ3v) is 2.90. The normalized spacial score (nSPS) is 10.4. The zero-order valence-electron chi connectivity index (χ0n) is 11.9. The molecule has 2 aromatic carbocycles. The Morgan fingerprint density at radius 1 is 1.14 bits per heavy atom. The van der Waals surface area contributed by atoms with Gasteiger partial charge in [-0.2, -0.15) is 0 Å². The smallest absolute Gasteiger partial charge is 0.335 e. The van der Waals surface area contributed by atoms with E-state index in [1.54, 1.807) is 31.4 Å². The molecule has 22 heavy (non-hydrogen) atoms. The van der Waals surface area contributed by atoms with E-state index in [1.165, 1.54) is 18.2 Å². The Hall–Kier alpha value is -3.08. The highest BCUT2D eigenvalue weighted by atomic mass is 16.5. The monoisotopic (exact) mass is 297 g/mol. The van der Waals surface area contributed by atoms with Gasteiger partial charge in [-0.05, 0) is 42.0 Å². The minimum atomic E-state index is -1.04. The Labute approximate surface area is 127 Å². The lowest BCUT2D eigenvalue weighted by atomic mass is 10.2. The van der Waals surface area contributed by atoms with Crippen LogP contribution >= 0.6 is 0 Å². The van der Waals surface area contributed by atoms with Crippen LogP contribution in [0.3, 0.4) is 0 Å². The lowest BCUT2D eigenvalue weighted by Crippen LogP contribution is -2.08. The van der Waals surface area contributed by atoms with E-state index in [1.807, 2.05) is 18.2 Å². The summed E-state index contributed by atoms with van der Waals surface area (Å²) in [5.74, 6) is -0.676. The Balaban J connectivity index is 2.04. The van der Waals surface area contributed by atoms with Crippen LogP contribution in [0, 0.1) is 0 Å². The van der Waals surface area contributed by atoms with Gasteiger partial charge in [0.1, 0.15) is 5.75 Å². The van der Waals surface area contributed by atoms with Crippen LogP contribution in [0.15, 0.2) is 54.6 Å². The largest absolute Gasteiger partial charge is 0.497 e. The van der Waals surface area contributed by atoms with Crippen molar-refractivity contribution >= 4 is 23.6 Å². The summed E-state index contributed by atoms with van der Waals surface area (Å²) in [6.07, 6.45) is 3.03. The summed E-state index contributed by atoms with van der Waals surface area (Å²) >= 11 is 0. The van der Waals surface area contributed by atoms with E-state index in [9.17, 15) is 9.59 Å². The number of carboxylic acid groups (broad SMARTS) is 1. The number of rotatable bonds is 5. The first-order chi connectivity index (χ1) is 10.6. The molecule has 5 nitrogen and oxygen atoms in total. The van der Waals surface area contributed by atoms with Crippen molar-refractivity contribution in [3.05, 3.63) is 65.7 Å². The number of nitrogens with one attached hydrogen (secondary N) is 1. The number of benzene rings is 2. The molecule has 2 rings (SSSR count). The number of carbonyl (C=O) groups excluding carboxylic acids is 1. The van der Waals surface area contributed by atoms with Crippen LogP contribution in [0.1, 0.15) is 15.9 Å². The van der Waals surface area contributed by atoms with Crippen molar-refractivity contribution in [2.45, 2.75) is 0 Å². The molecule has 0 unspecified atom stereocenters. The van der Waals surface area contributed by atoms with Gasteiger partial charge in [-0.1, -0.05) is 18.2 Å². The molecular formula is C17H15NO4. The lowest BCUT2D eigenvalue weighted by molar-refractivity contribution is -0.111. The second-order valence-corrected chi connectivity index (χ2v) is 4.49. The fraction of sp³-hybridized carbons (Fsp3) is 0.0588. The molecule has 0 radical (unpaired) electrons. The van der Waals surface area contributed by atoms with Crippen molar-refractivity contribution in [2.24, 2.45) is 0 Å². The number of hydrogen-bond donors (Lipinski definition) is 2. The topological polar surface area (TPSA) is 75.6 Å². The number of carbonyl (C=O) groups is 2. The molecule has 0 spiro atoms. The minimum absolute atomic E-state index is 0.120. The molecule has 0 atom stereocenters. The molecule has 0 saturated heterocycles. The van der Waals surface area contributed by atoms with Crippen molar-refractivity contribution in [3.8, 4) is 5.75 Å². The number of methoxy groups -OCH3 is 1. The Bertz CT molecular complexity index is 722. The summed E-state index contributed by atoms with van der Waals surface area (Å²) in [7, 11) is 1.57. The highest BCUT2D eigenvalue weighted by Crippen LogP contribution is 2.14. The van der Waals surface area contributed by atoms with Crippen molar-refractivity contribution < 1.29 is 19.4 Å². The second kappa shape index (κ2) is 7.08. The summed E-state index contributed by atoms with van der Waals surface area (Å²) in [5, 5.41) is 11.5. The van der Waals surface area contributed by atoms with Gasteiger partial charge in [0.05, 0.1) is 12.7 Å². The number of amides is 1. The van der Waals surface area contributed by atoms with E-state index in [4.69, 9.17) is 9.84 Å². The summed E-state index contributed by atoms with van der Waals surface area (Å²) in [6.45, 7) is 0. The number of anilines is 1. The molecule has 2 N–H and O–H groups in total. The molecule has 0 fully saturated rings. The molecule has 0 aliphatic carbocycles. The van der Waals surface area contributed by atoms with Crippen molar-refractivity contribution in [1.82, 2.24) is 0 Å². The van der Waals surface area contributed by atoms with E-state index in [-0.39, 0.29) is 11.5 Å². The standard InChI is InChI=1S/C17H15NO4/c1-22-15-7-2-4-12(10-15)8-9-16(19)18-14-6-3-5-13(11-14)17(20)21/h2-11H,1H3,(H,18,19)(H,20,21). The lowest BCUT2D eigenvalue weighted by Gasteiger charge is -2.03. The first-order valence-electron chi connectivity index (χ1n) is 6.55. The van der Waals surface area contributed by atoms with Gasteiger partial charge < -0.3 is 15.2 Å². The fourth-order valence-electron chi connectivity index (χ4n) is 1.83. The van der Waals surface area contributed by atoms with Crippen molar-refractivity contribution in [1.29, 1.82) is 0 Å². The average Bonchev–Trinajstić information content (AvgIpc) is 2.53. The Morgan fingerprint density at radius 3 is 2.64 bits per heavy atom. The Morgan fingerprint density at radius 2 is 1.91 bits per heavy atom.